The quantitative estimate of drug-likeness (QED) is 0.805. The molecule has 1 aromatic heterocycles. The first kappa shape index (κ1) is 16.0. The van der Waals surface area contributed by atoms with E-state index in [0.717, 1.165) is 30.2 Å². The van der Waals surface area contributed by atoms with Gasteiger partial charge in [-0.2, -0.15) is 5.10 Å². The average molecular weight is 314 g/mol. The van der Waals surface area contributed by atoms with Gasteiger partial charge < -0.3 is 4.90 Å². The van der Waals surface area contributed by atoms with Gasteiger partial charge in [-0.1, -0.05) is 0 Å². The van der Waals surface area contributed by atoms with Gasteiger partial charge in [0.25, 0.3) is 0 Å². The van der Waals surface area contributed by atoms with Crippen LogP contribution in [0.4, 0.5) is 0 Å². The zero-order chi connectivity index (χ0) is 15.8. The Bertz CT molecular complexity index is 643. The number of aryl methyl sites for hydroxylation is 1. The van der Waals surface area contributed by atoms with Crippen LogP contribution < -0.4 is 0 Å². The van der Waals surface area contributed by atoms with E-state index in [2.05, 4.69) is 5.10 Å². The molecule has 0 N–H and O–H groups in total. The molecule has 1 aromatic rings. The summed E-state index contributed by atoms with van der Waals surface area (Å²) in [5, 5.41) is 4.23. The van der Waals surface area contributed by atoms with Gasteiger partial charge in [-0.3, -0.25) is 9.48 Å². The number of hydrogen-bond acceptors (Lipinski definition) is 4. The lowest BCUT2D eigenvalue weighted by Gasteiger charge is -2.16. The zero-order valence-corrected chi connectivity index (χ0v) is 13.8. The van der Waals surface area contributed by atoms with Crippen molar-refractivity contribution in [3.63, 3.8) is 0 Å². The number of carbonyl (C=O) groups excluding carboxylic acids is 1. The summed E-state index contributed by atoms with van der Waals surface area (Å²) in [5.74, 6) is -0.00750. The van der Waals surface area contributed by atoms with Crippen LogP contribution in [0.5, 0.6) is 0 Å². The van der Waals surface area contributed by atoms with Crippen LogP contribution in [0, 0.1) is 13.8 Å². The molecule has 0 saturated carbocycles. The minimum Gasteiger partial charge on any atom is -0.341 e. The summed E-state index contributed by atoms with van der Waals surface area (Å²) in [4.78, 5) is 14.2. The molecular weight excluding hydrogens is 292 g/mol. The summed E-state index contributed by atoms with van der Waals surface area (Å²) in [6.07, 6.45) is 2.06. The minimum absolute atomic E-state index is 0.00750. The van der Waals surface area contributed by atoms with Gasteiger partial charge in [-0.05, 0) is 26.7 Å². The first-order valence-corrected chi connectivity index (χ1v) is 8.43. The molecule has 21 heavy (non-hydrogen) atoms. The van der Waals surface area contributed by atoms with Crippen LogP contribution in [-0.2, 0) is 21.4 Å². The third-order valence-corrected chi connectivity index (χ3v) is 5.87. The fraction of sp³-hybridized carbons (Fsp3) is 0.692. The molecule has 0 radical (unpaired) electrons. The Morgan fingerprint density at radius 3 is 2.33 bits per heavy atom. The molecule has 8 heteroatoms. The molecule has 0 aromatic carbocycles. The summed E-state index contributed by atoms with van der Waals surface area (Å²) in [7, 11) is -0.573. The molecule has 118 valence electrons. The number of hydrogen-bond donors (Lipinski definition) is 0. The van der Waals surface area contributed by atoms with Gasteiger partial charge in [0.1, 0.15) is 11.4 Å². The van der Waals surface area contributed by atoms with Gasteiger partial charge in [0.05, 0.1) is 11.4 Å². The van der Waals surface area contributed by atoms with E-state index in [-0.39, 0.29) is 17.3 Å². The molecule has 0 unspecified atom stereocenters. The van der Waals surface area contributed by atoms with Crippen LogP contribution in [0.2, 0.25) is 0 Å². The first-order valence-electron chi connectivity index (χ1n) is 6.99. The Morgan fingerprint density at radius 1 is 1.24 bits per heavy atom. The molecule has 1 fully saturated rings. The number of sulfonamides is 1. The number of aromatic nitrogens is 2. The summed E-state index contributed by atoms with van der Waals surface area (Å²) < 4.78 is 27.3. The van der Waals surface area contributed by atoms with Crippen LogP contribution in [0.25, 0.3) is 0 Å². The monoisotopic (exact) mass is 314 g/mol. The first-order chi connectivity index (χ1) is 9.75. The Morgan fingerprint density at radius 2 is 1.81 bits per heavy atom. The lowest BCUT2D eigenvalue weighted by atomic mass is 10.4. The highest BCUT2D eigenvalue weighted by molar-refractivity contribution is 7.89. The van der Waals surface area contributed by atoms with Gasteiger partial charge in [-0.25, -0.2) is 12.7 Å². The van der Waals surface area contributed by atoms with Gasteiger partial charge in [0.2, 0.25) is 15.9 Å². The molecular formula is C13H22N4O3S. The van der Waals surface area contributed by atoms with Gasteiger partial charge in [0, 0.05) is 27.2 Å². The van der Waals surface area contributed by atoms with E-state index in [1.54, 1.807) is 18.7 Å². The number of likely N-dealkylation sites (tertiary alicyclic amines) is 1. The Kier molecular flexibility index (Phi) is 4.38. The smallest absolute Gasteiger partial charge is 0.246 e. The van der Waals surface area contributed by atoms with Crippen LogP contribution in [0.3, 0.4) is 0 Å². The molecule has 2 rings (SSSR count). The number of amides is 1. The fourth-order valence-corrected chi connectivity index (χ4v) is 3.84. The van der Waals surface area contributed by atoms with Crippen molar-refractivity contribution in [1.29, 1.82) is 0 Å². The maximum atomic E-state index is 12.3. The second-order valence-electron chi connectivity index (χ2n) is 5.53. The predicted molar refractivity (Wildman–Crippen MR) is 78.4 cm³/mol. The molecule has 0 spiro atoms. The molecule has 1 saturated heterocycles. The standard InChI is InChI=1S/C13H22N4O3S/c1-10-13(21(19,20)15(3)4)11(2)17(14-10)9-12(18)16-7-5-6-8-16/h5-9H2,1-4H3. The molecule has 0 aliphatic carbocycles. The van der Waals surface area contributed by atoms with Gasteiger partial charge in [0.15, 0.2) is 0 Å². The van der Waals surface area contributed by atoms with E-state index in [1.165, 1.54) is 18.8 Å². The van der Waals surface area contributed by atoms with E-state index in [1.807, 2.05) is 0 Å². The van der Waals surface area contributed by atoms with E-state index >= 15 is 0 Å². The van der Waals surface area contributed by atoms with Crippen molar-refractivity contribution in [2.75, 3.05) is 27.2 Å². The molecule has 1 aliphatic heterocycles. The van der Waals surface area contributed by atoms with Crippen molar-refractivity contribution in [2.45, 2.75) is 38.1 Å². The molecule has 0 atom stereocenters. The Balaban J connectivity index is 2.29. The lowest BCUT2D eigenvalue weighted by molar-refractivity contribution is -0.131. The van der Waals surface area contributed by atoms with E-state index in [4.69, 9.17) is 0 Å². The highest BCUT2D eigenvalue weighted by Crippen LogP contribution is 2.22. The SMILES string of the molecule is Cc1nn(CC(=O)N2CCCC2)c(C)c1S(=O)(=O)N(C)C. The van der Waals surface area contributed by atoms with Crippen molar-refractivity contribution in [3.8, 4) is 0 Å². The normalized spacial score (nSPS) is 16.0. The van der Waals surface area contributed by atoms with Crippen molar-refractivity contribution in [2.24, 2.45) is 0 Å². The largest absolute Gasteiger partial charge is 0.341 e. The molecule has 1 amide bonds. The van der Waals surface area contributed by atoms with Crippen LogP contribution >= 0.6 is 0 Å². The molecule has 7 nitrogen and oxygen atoms in total. The van der Waals surface area contributed by atoms with Gasteiger partial charge in [-0.15, -0.1) is 0 Å². The second-order valence-corrected chi connectivity index (χ2v) is 7.62. The summed E-state index contributed by atoms with van der Waals surface area (Å²) >= 11 is 0. The van der Waals surface area contributed by atoms with Crippen LogP contribution in [0.1, 0.15) is 24.2 Å². The van der Waals surface area contributed by atoms with Gasteiger partial charge >= 0.3 is 0 Å². The summed E-state index contributed by atoms with van der Waals surface area (Å²) in [6.45, 7) is 4.99. The average Bonchev–Trinajstić information content (AvgIpc) is 2.98. The van der Waals surface area contributed by atoms with E-state index < -0.39 is 10.0 Å². The molecule has 2 heterocycles. The minimum atomic E-state index is -3.55. The topological polar surface area (TPSA) is 75.5 Å². The predicted octanol–water partition coefficient (Wildman–Crippen LogP) is 0.373. The van der Waals surface area contributed by atoms with Crippen molar-refractivity contribution >= 4 is 15.9 Å². The van der Waals surface area contributed by atoms with Crippen LogP contribution in [0.15, 0.2) is 4.90 Å². The number of carbonyl (C=O) groups is 1. The summed E-state index contributed by atoms with van der Waals surface area (Å²) in [6, 6.07) is 0. The Labute approximate surface area is 125 Å². The van der Waals surface area contributed by atoms with Crippen LogP contribution in [-0.4, -0.2) is 60.5 Å². The maximum Gasteiger partial charge on any atom is 0.246 e. The Hall–Kier alpha value is -1.41. The lowest BCUT2D eigenvalue weighted by Crippen LogP contribution is -2.31. The van der Waals surface area contributed by atoms with Crippen molar-refractivity contribution in [1.82, 2.24) is 19.0 Å². The maximum absolute atomic E-state index is 12.3. The van der Waals surface area contributed by atoms with E-state index in [9.17, 15) is 13.2 Å². The molecule has 0 bridgehead atoms. The third kappa shape index (κ3) is 2.96. The van der Waals surface area contributed by atoms with Crippen molar-refractivity contribution < 1.29 is 13.2 Å². The second kappa shape index (κ2) is 5.76. The fourth-order valence-electron chi connectivity index (χ4n) is 2.58. The van der Waals surface area contributed by atoms with E-state index in [0.29, 0.717) is 11.4 Å². The third-order valence-electron chi connectivity index (χ3n) is 3.80. The highest BCUT2D eigenvalue weighted by Gasteiger charge is 2.28. The zero-order valence-electron chi connectivity index (χ0n) is 13.0. The number of nitrogens with zero attached hydrogens (tertiary/aromatic N) is 4. The number of rotatable bonds is 4. The van der Waals surface area contributed by atoms with Crippen molar-refractivity contribution in [3.05, 3.63) is 11.4 Å². The highest BCUT2D eigenvalue weighted by atomic mass is 32.2. The summed E-state index contributed by atoms with van der Waals surface area (Å²) in [5.41, 5.74) is 0.934. The molecule has 1 aliphatic rings.